The van der Waals surface area contributed by atoms with Gasteiger partial charge in [-0.05, 0) is 24.3 Å². The lowest BCUT2D eigenvalue weighted by Crippen LogP contribution is -2.32. The number of amides is 1. The molecule has 0 unspecified atom stereocenters. The van der Waals surface area contributed by atoms with Crippen LogP contribution in [-0.2, 0) is 11.3 Å². The van der Waals surface area contributed by atoms with Gasteiger partial charge in [0.25, 0.3) is 11.5 Å². The van der Waals surface area contributed by atoms with Crippen molar-refractivity contribution >= 4 is 33.9 Å². The molecule has 0 fully saturated rings. The molecule has 0 radical (unpaired) electrons. The van der Waals surface area contributed by atoms with Gasteiger partial charge < -0.3 is 4.42 Å². The molecule has 1 N–H and O–H groups in total. The number of nitrogens with zero attached hydrogens (tertiary/aromatic N) is 3. The fraction of sp³-hybridized carbons (Fsp3) is 0.0385. The lowest BCUT2D eigenvalue weighted by Gasteiger charge is -2.10. The summed E-state index contributed by atoms with van der Waals surface area (Å²) in [6.45, 7) is -0.390. The Morgan fingerprint density at radius 2 is 1.74 bits per heavy atom. The van der Waals surface area contributed by atoms with Gasteiger partial charge in [-0.1, -0.05) is 48.5 Å². The van der Waals surface area contributed by atoms with E-state index in [1.54, 1.807) is 12.1 Å². The topological polar surface area (TPSA) is 107 Å². The molecule has 35 heavy (non-hydrogen) atoms. The van der Waals surface area contributed by atoms with Crippen molar-refractivity contribution in [3.05, 3.63) is 111 Å². The van der Waals surface area contributed by atoms with Crippen molar-refractivity contribution in [3.8, 4) is 11.3 Å². The normalized spacial score (nSPS) is 11.3. The van der Waals surface area contributed by atoms with Crippen molar-refractivity contribution in [2.24, 2.45) is 5.10 Å². The molecular formula is C26H17FN4O4. The van der Waals surface area contributed by atoms with Gasteiger partial charge in [0.15, 0.2) is 0 Å². The first kappa shape index (κ1) is 21.9. The van der Waals surface area contributed by atoms with Crippen molar-refractivity contribution in [2.75, 3.05) is 0 Å². The number of hydrazone groups is 1. The number of nitrogens with one attached hydrogen (secondary N) is 1. The van der Waals surface area contributed by atoms with Crippen LogP contribution >= 0.6 is 0 Å². The number of rotatable bonds is 5. The Morgan fingerprint density at radius 1 is 1.00 bits per heavy atom. The minimum absolute atomic E-state index is 0.0239. The molecule has 0 atom stereocenters. The molecule has 0 aliphatic rings. The van der Waals surface area contributed by atoms with Crippen LogP contribution in [0.15, 0.2) is 98.2 Å². The van der Waals surface area contributed by atoms with Crippen LogP contribution in [0.4, 0.5) is 4.39 Å². The van der Waals surface area contributed by atoms with Crippen LogP contribution in [0.1, 0.15) is 5.56 Å². The molecule has 1 amide bonds. The SMILES string of the molecule is O=C(Cn1nc(-c2ccccc2)c2ccccc2c1=O)N/N=C/c1coc2ccc(F)cc2c1=O. The predicted octanol–water partition coefficient (Wildman–Crippen LogP) is 3.46. The van der Waals surface area contributed by atoms with Crippen LogP contribution in [0.25, 0.3) is 33.0 Å². The van der Waals surface area contributed by atoms with Crippen molar-refractivity contribution in [2.45, 2.75) is 6.54 Å². The van der Waals surface area contributed by atoms with Crippen LogP contribution < -0.4 is 16.4 Å². The molecule has 9 heteroatoms. The van der Waals surface area contributed by atoms with Crippen LogP contribution in [0, 0.1) is 5.82 Å². The first-order valence-corrected chi connectivity index (χ1v) is 10.6. The van der Waals surface area contributed by atoms with Gasteiger partial charge >= 0.3 is 0 Å². The number of fused-ring (bicyclic) bond motifs is 2. The van der Waals surface area contributed by atoms with Gasteiger partial charge in [-0.3, -0.25) is 14.4 Å². The first-order chi connectivity index (χ1) is 17.0. The summed E-state index contributed by atoms with van der Waals surface area (Å²) in [5, 5.41) is 9.37. The van der Waals surface area contributed by atoms with Crippen molar-refractivity contribution in [3.63, 3.8) is 0 Å². The van der Waals surface area contributed by atoms with Crippen LogP contribution in [0.2, 0.25) is 0 Å². The van der Waals surface area contributed by atoms with E-state index in [-0.39, 0.29) is 16.5 Å². The van der Waals surface area contributed by atoms with Gasteiger partial charge in [0, 0.05) is 10.9 Å². The Kier molecular flexibility index (Phi) is 5.72. The largest absolute Gasteiger partial charge is 0.463 e. The maximum atomic E-state index is 13.5. The van der Waals surface area contributed by atoms with E-state index in [1.165, 1.54) is 18.4 Å². The van der Waals surface area contributed by atoms with Crippen molar-refractivity contribution in [1.82, 2.24) is 15.2 Å². The summed E-state index contributed by atoms with van der Waals surface area (Å²) in [4.78, 5) is 37.9. The third-order valence-electron chi connectivity index (χ3n) is 5.36. The Labute approximate surface area is 196 Å². The molecule has 2 heterocycles. The van der Waals surface area contributed by atoms with Gasteiger partial charge in [-0.25, -0.2) is 14.5 Å². The summed E-state index contributed by atoms with van der Waals surface area (Å²) < 4.78 is 19.9. The fourth-order valence-electron chi connectivity index (χ4n) is 3.70. The monoisotopic (exact) mass is 468 g/mol. The lowest BCUT2D eigenvalue weighted by atomic mass is 10.1. The smallest absolute Gasteiger partial charge is 0.275 e. The number of hydrogen-bond acceptors (Lipinski definition) is 6. The van der Waals surface area contributed by atoms with E-state index < -0.39 is 29.3 Å². The molecule has 0 aliphatic carbocycles. The number of hydrogen-bond donors (Lipinski definition) is 1. The third-order valence-corrected chi connectivity index (χ3v) is 5.36. The Bertz CT molecular complexity index is 1730. The Morgan fingerprint density at radius 3 is 2.54 bits per heavy atom. The van der Waals surface area contributed by atoms with Gasteiger partial charge in [-0.15, -0.1) is 0 Å². The standard InChI is InChI=1S/C26H17FN4O4/c27-18-10-11-22-21(12-18)25(33)17(15-35-22)13-28-29-23(32)14-31-26(34)20-9-5-4-8-19(20)24(30-31)16-6-2-1-3-7-16/h1-13,15H,14H2,(H,29,32)/b28-13+. The highest BCUT2D eigenvalue weighted by atomic mass is 19.1. The molecule has 0 saturated carbocycles. The summed E-state index contributed by atoms with van der Waals surface area (Å²) in [5.41, 5.74) is 2.98. The molecule has 5 rings (SSSR count). The second kappa shape index (κ2) is 9.14. The molecule has 5 aromatic rings. The summed E-state index contributed by atoms with van der Waals surface area (Å²) >= 11 is 0. The minimum Gasteiger partial charge on any atom is -0.463 e. The molecule has 8 nitrogen and oxygen atoms in total. The molecule has 0 bridgehead atoms. The van der Waals surface area contributed by atoms with E-state index in [0.29, 0.717) is 16.5 Å². The number of carbonyl (C=O) groups excluding carboxylic acids is 1. The average Bonchev–Trinajstić information content (AvgIpc) is 2.88. The van der Waals surface area contributed by atoms with Gasteiger partial charge in [0.05, 0.1) is 28.2 Å². The molecule has 0 spiro atoms. The second-order valence-corrected chi connectivity index (χ2v) is 7.68. The van der Waals surface area contributed by atoms with Crippen LogP contribution in [0.5, 0.6) is 0 Å². The highest BCUT2D eigenvalue weighted by Gasteiger charge is 2.14. The summed E-state index contributed by atoms with van der Waals surface area (Å²) in [6, 6.07) is 20.0. The van der Waals surface area contributed by atoms with E-state index in [0.717, 1.165) is 22.5 Å². The van der Waals surface area contributed by atoms with E-state index in [1.807, 2.05) is 42.5 Å². The van der Waals surface area contributed by atoms with Crippen LogP contribution in [0.3, 0.4) is 0 Å². The number of carbonyl (C=O) groups is 1. The van der Waals surface area contributed by atoms with Gasteiger partial charge in [-0.2, -0.15) is 10.2 Å². The quantitative estimate of drug-likeness (QED) is 0.314. The molecule has 2 aromatic heterocycles. The highest BCUT2D eigenvalue weighted by Crippen LogP contribution is 2.24. The molecule has 172 valence electrons. The maximum absolute atomic E-state index is 13.5. The molecule has 0 saturated heterocycles. The van der Waals surface area contributed by atoms with Gasteiger partial charge in [0.2, 0.25) is 5.43 Å². The predicted molar refractivity (Wildman–Crippen MR) is 130 cm³/mol. The zero-order chi connectivity index (χ0) is 24.4. The lowest BCUT2D eigenvalue weighted by molar-refractivity contribution is -0.121. The maximum Gasteiger partial charge on any atom is 0.275 e. The molecule has 0 aliphatic heterocycles. The third kappa shape index (κ3) is 4.34. The van der Waals surface area contributed by atoms with E-state index in [9.17, 15) is 18.8 Å². The van der Waals surface area contributed by atoms with E-state index >= 15 is 0 Å². The summed E-state index contributed by atoms with van der Waals surface area (Å²) in [5.74, 6) is -1.20. The summed E-state index contributed by atoms with van der Waals surface area (Å²) in [7, 11) is 0. The van der Waals surface area contributed by atoms with Gasteiger partial charge in [0.1, 0.15) is 24.2 Å². The highest BCUT2D eigenvalue weighted by molar-refractivity contribution is 5.94. The number of benzene rings is 3. The zero-order valence-corrected chi connectivity index (χ0v) is 18.1. The van der Waals surface area contributed by atoms with E-state index in [2.05, 4.69) is 15.6 Å². The first-order valence-electron chi connectivity index (χ1n) is 10.6. The fourth-order valence-corrected chi connectivity index (χ4v) is 3.70. The van der Waals surface area contributed by atoms with Crippen LogP contribution in [-0.4, -0.2) is 21.9 Å². The molecular weight excluding hydrogens is 451 g/mol. The van der Waals surface area contributed by atoms with Crippen molar-refractivity contribution in [1.29, 1.82) is 0 Å². The number of halogens is 1. The number of aromatic nitrogens is 2. The zero-order valence-electron chi connectivity index (χ0n) is 18.1. The minimum atomic E-state index is -0.624. The van der Waals surface area contributed by atoms with E-state index in [4.69, 9.17) is 4.42 Å². The average molecular weight is 468 g/mol. The summed E-state index contributed by atoms with van der Waals surface area (Å²) in [6.07, 6.45) is 2.26. The molecule has 3 aromatic carbocycles. The Hall–Kier alpha value is -4.92. The Balaban J connectivity index is 1.41. The van der Waals surface area contributed by atoms with Crippen molar-refractivity contribution < 1.29 is 13.6 Å². The second-order valence-electron chi connectivity index (χ2n) is 7.68.